The smallest absolute Gasteiger partial charge is 0.363 e. The van der Waals surface area contributed by atoms with Crippen molar-refractivity contribution in [1.29, 1.82) is 0 Å². The fraction of sp³-hybridized carbons (Fsp3) is 0.481. The van der Waals surface area contributed by atoms with Crippen molar-refractivity contribution < 1.29 is 33.1 Å². The summed E-state index contributed by atoms with van der Waals surface area (Å²) in [4.78, 5) is 63.4. The summed E-state index contributed by atoms with van der Waals surface area (Å²) in [5.41, 5.74) is -2.52. The fourth-order valence-electron chi connectivity index (χ4n) is 5.22. The lowest BCUT2D eigenvalue weighted by Crippen LogP contribution is -2.33. The molecule has 0 aliphatic carbocycles. The van der Waals surface area contributed by atoms with Gasteiger partial charge in [-0.1, -0.05) is 12.1 Å². The molecule has 3 aromatic rings. The monoisotopic (exact) mass is 649 g/mol. The molecule has 0 saturated carbocycles. The molecule has 1 unspecified atom stereocenters. The largest absolute Gasteiger partial charge is 0.376 e. The molecule has 2 fully saturated rings. The van der Waals surface area contributed by atoms with E-state index in [9.17, 15) is 39.0 Å². The number of H-pyrrole nitrogens is 2. The average molecular weight is 650 g/mol. The molecule has 45 heavy (non-hydrogen) atoms. The number of nitro groups is 1. The van der Waals surface area contributed by atoms with Crippen LogP contribution in [0.4, 0.5) is 5.69 Å². The van der Waals surface area contributed by atoms with E-state index in [-0.39, 0.29) is 18.8 Å². The third kappa shape index (κ3) is 6.98. The standard InChI is InChI=1S/C27H32N5O12P/c1-15-11-30(26(36)28-23(15)33)21-9-7-17(43-21)13-41-45(40,25(35)19-5-3-4-6-20(19)32(38)39)42-14-18-8-10-22(44-18)31-12-16(2)24(34)29-27(31)37/h3-6,11-12,17-18,21-22,25,35H,7-10,13-14H2,1-2H3,(H,28,33,36)(H,29,34,37)/t17-,18-,21+,22+,25?/m0/s1. The van der Waals surface area contributed by atoms with Gasteiger partial charge in [0.05, 0.1) is 35.9 Å². The molecule has 2 aliphatic rings. The number of aromatic amines is 2. The number of aromatic nitrogens is 4. The minimum atomic E-state index is -4.58. The number of hydrogen-bond acceptors (Lipinski definition) is 12. The Labute approximate surface area is 254 Å². The van der Waals surface area contributed by atoms with Crippen LogP contribution in [-0.2, 0) is 23.1 Å². The summed E-state index contributed by atoms with van der Waals surface area (Å²) in [7, 11) is -4.58. The van der Waals surface area contributed by atoms with Gasteiger partial charge in [-0.05, 0) is 45.6 Å². The Morgan fingerprint density at radius 3 is 1.84 bits per heavy atom. The molecule has 0 amide bonds. The molecule has 17 nitrogen and oxygen atoms in total. The van der Waals surface area contributed by atoms with E-state index in [2.05, 4.69) is 9.97 Å². The van der Waals surface area contributed by atoms with Crippen molar-refractivity contribution in [2.45, 2.75) is 70.0 Å². The maximum atomic E-state index is 14.2. The minimum Gasteiger partial charge on any atom is -0.376 e. The predicted octanol–water partition coefficient (Wildman–Crippen LogP) is 1.88. The topological polar surface area (TPSA) is 227 Å². The Hall–Kier alpha value is -3.99. The molecule has 18 heteroatoms. The second kappa shape index (κ2) is 13.2. The first-order valence-corrected chi connectivity index (χ1v) is 15.7. The zero-order valence-electron chi connectivity index (χ0n) is 24.3. The van der Waals surface area contributed by atoms with Crippen LogP contribution in [0, 0.1) is 24.0 Å². The number of ether oxygens (including phenoxy) is 2. The molecule has 4 heterocycles. The molecule has 0 spiro atoms. The van der Waals surface area contributed by atoms with Crippen LogP contribution < -0.4 is 22.5 Å². The summed E-state index contributed by atoms with van der Waals surface area (Å²) in [5, 5.41) is 22.9. The number of hydrogen-bond donors (Lipinski definition) is 3. The zero-order chi connectivity index (χ0) is 32.5. The van der Waals surface area contributed by atoms with E-state index >= 15 is 0 Å². The average Bonchev–Trinajstić information content (AvgIpc) is 3.68. The number of aliphatic hydroxyl groups excluding tert-OH is 1. The predicted molar refractivity (Wildman–Crippen MR) is 156 cm³/mol. The lowest BCUT2D eigenvalue weighted by atomic mass is 10.2. The van der Waals surface area contributed by atoms with Crippen LogP contribution in [0.25, 0.3) is 0 Å². The van der Waals surface area contributed by atoms with Gasteiger partial charge in [0.25, 0.3) is 16.8 Å². The van der Waals surface area contributed by atoms with Gasteiger partial charge in [0.1, 0.15) is 12.5 Å². The van der Waals surface area contributed by atoms with Crippen LogP contribution in [0.1, 0.15) is 60.7 Å². The van der Waals surface area contributed by atoms with Crippen molar-refractivity contribution in [3.63, 3.8) is 0 Å². The summed E-state index contributed by atoms with van der Waals surface area (Å²) >= 11 is 0. The normalized spacial score (nSPS) is 22.5. The van der Waals surface area contributed by atoms with Crippen LogP contribution in [0.2, 0.25) is 0 Å². The fourth-order valence-corrected chi connectivity index (χ4v) is 6.89. The summed E-state index contributed by atoms with van der Waals surface area (Å²) in [6.45, 7) is 2.36. The first-order valence-electron chi connectivity index (χ1n) is 14.1. The third-order valence-electron chi connectivity index (χ3n) is 7.67. The van der Waals surface area contributed by atoms with Gasteiger partial charge in [0, 0.05) is 29.6 Å². The lowest BCUT2D eigenvalue weighted by molar-refractivity contribution is -0.386. The Kier molecular flexibility index (Phi) is 9.48. The van der Waals surface area contributed by atoms with E-state index in [0.29, 0.717) is 36.8 Å². The van der Waals surface area contributed by atoms with Gasteiger partial charge in [-0.25, -0.2) is 9.59 Å². The van der Waals surface area contributed by atoms with Crippen LogP contribution in [0.3, 0.4) is 0 Å². The van der Waals surface area contributed by atoms with Gasteiger partial charge in [0.2, 0.25) is 0 Å². The highest BCUT2D eigenvalue weighted by molar-refractivity contribution is 7.54. The van der Waals surface area contributed by atoms with E-state index in [4.69, 9.17) is 18.5 Å². The SMILES string of the molecule is Cc1cn([C@H]2CC[C@@H](COP(=O)(OC[C@@H]3CC[C@H](n4cc(C)c(=O)[nH]c4=O)O3)C(O)c3ccccc3[N+](=O)[O-])O2)c(=O)[nH]c1=O. The van der Waals surface area contributed by atoms with Crippen molar-refractivity contribution in [3.05, 3.63) is 105 Å². The summed E-state index contributed by atoms with van der Waals surface area (Å²) in [6, 6.07) is 5.20. The number of nitrogens with zero attached hydrogens (tertiary/aromatic N) is 3. The van der Waals surface area contributed by atoms with Gasteiger partial charge in [-0.15, -0.1) is 0 Å². The van der Waals surface area contributed by atoms with E-state index in [0.717, 1.165) is 6.07 Å². The van der Waals surface area contributed by atoms with Crippen molar-refractivity contribution in [2.75, 3.05) is 13.2 Å². The van der Waals surface area contributed by atoms with Crippen LogP contribution >= 0.6 is 7.60 Å². The minimum absolute atomic E-state index is 0.285. The Morgan fingerprint density at radius 2 is 1.38 bits per heavy atom. The van der Waals surface area contributed by atoms with E-state index in [1.807, 2.05) is 0 Å². The molecule has 1 aromatic carbocycles. The number of aliphatic hydroxyl groups is 1. The summed E-state index contributed by atoms with van der Waals surface area (Å²) in [6.07, 6.45) is 1.29. The molecular formula is C27H32N5O12P. The summed E-state index contributed by atoms with van der Waals surface area (Å²) < 4.78 is 39.8. The van der Waals surface area contributed by atoms with Crippen LogP contribution in [-0.4, -0.2) is 54.6 Å². The Bertz CT molecular complexity index is 1770. The maximum absolute atomic E-state index is 14.2. The molecular weight excluding hydrogens is 617 g/mol. The zero-order valence-corrected chi connectivity index (χ0v) is 25.2. The quantitative estimate of drug-likeness (QED) is 0.154. The van der Waals surface area contributed by atoms with E-state index in [1.54, 1.807) is 0 Å². The third-order valence-corrected chi connectivity index (χ3v) is 9.57. The van der Waals surface area contributed by atoms with Crippen LogP contribution in [0.5, 0.6) is 0 Å². The van der Waals surface area contributed by atoms with E-state index < -0.39 is 71.2 Å². The van der Waals surface area contributed by atoms with Crippen molar-refractivity contribution in [3.8, 4) is 0 Å². The summed E-state index contributed by atoms with van der Waals surface area (Å²) in [5.74, 6) is -2.05. The molecule has 0 radical (unpaired) electrons. The van der Waals surface area contributed by atoms with Crippen molar-refractivity contribution in [2.24, 2.45) is 0 Å². The van der Waals surface area contributed by atoms with Gasteiger partial charge < -0.3 is 23.6 Å². The second-order valence-electron chi connectivity index (χ2n) is 10.9. The molecule has 5 atom stereocenters. The molecule has 2 aromatic heterocycles. The molecule has 242 valence electrons. The van der Waals surface area contributed by atoms with Crippen molar-refractivity contribution >= 4 is 13.3 Å². The van der Waals surface area contributed by atoms with Gasteiger partial charge >= 0.3 is 19.0 Å². The van der Waals surface area contributed by atoms with Crippen LogP contribution in [0.15, 0.2) is 55.8 Å². The van der Waals surface area contributed by atoms with Gasteiger partial charge in [-0.2, -0.15) is 0 Å². The number of nitrogens with one attached hydrogen (secondary N) is 2. The Balaban J connectivity index is 1.31. The number of para-hydroxylation sites is 1. The van der Waals surface area contributed by atoms with Gasteiger partial charge in [0.15, 0.2) is 5.85 Å². The maximum Gasteiger partial charge on any atom is 0.363 e. The number of rotatable bonds is 11. The first-order chi connectivity index (χ1) is 21.4. The molecule has 0 bridgehead atoms. The lowest BCUT2D eigenvalue weighted by Gasteiger charge is -2.26. The number of nitro benzene ring substituents is 1. The first kappa shape index (κ1) is 32.4. The number of aryl methyl sites for hydroxylation is 2. The van der Waals surface area contributed by atoms with Gasteiger partial charge in [-0.3, -0.25) is 43.4 Å². The molecule has 3 N–H and O–H groups in total. The van der Waals surface area contributed by atoms with Crippen molar-refractivity contribution in [1.82, 2.24) is 19.1 Å². The molecule has 2 aliphatic heterocycles. The highest BCUT2D eigenvalue weighted by atomic mass is 31.2. The second-order valence-corrected chi connectivity index (χ2v) is 12.9. The highest BCUT2D eigenvalue weighted by Gasteiger charge is 2.42. The molecule has 2 saturated heterocycles. The molecule has 5 rings (SSSR count). The number of benzene rings is 1. The van der Waals surface area contributed by atoms with E-state index in [1.165, 1.54) is 53.6 Å². The highest BCUT2D eigenvalue weighted by Crippen LogP contribution is 2.61. The Morgan fingerprint density at radius 1 is 0.911 bits per heavy atom.